The Morgan fingerprint density at radius 2 is 2.26 bits per heavy atom. The van der Waals surface area contributed by atoms with E-state index in [-0.39, 0.29) is 18.4 Å². The number of nitrogens with zero attached hydrogens (tertiary/aromatic N) is 1. The van der Waals surface area contributed by atoms with Gasteiger partial charge in [0.05, 0.1) is 12.6 Å². The molecule has 2 N–H and O–H groups in total. The Labute approximate surface area is 137 Å². The van der Waals surface area contributed by atoms with Crippen molar-refractivity contribution in [2.45, 2.75) is 13.0 Å². The third-order valence-corrected chi connectivity index (χ3v) is 3.86. The van der Waals surface area contributed by atoms with Gasteiger partial charge in [0, 0.05) is 30.4 Å². The fourth-order valence-corrected chi connectivity index (χ4v) is 2.45. The number of carbonyl (C=O) groups is 1. The average molecular weight is 339 g/mol. The minimum atomic E-state index is -0.549. The van der Waals surface area contributed by atoms with Crippen LogP contribution in [-0.4, -0.2) is 31.3 Å². The van der Waals surface area contributed by atoms with Crippen LogP contribution in [0.5, 0.6) is 5.75 Å². The zero-order chi connectivity index (χ0) is 16.7. The number of hydrogen-bond donors (Lipinski definition) is 2. The molecular weight excluding hydrogens is 321 g/mol. The standard InChI is InChI=1S/C15H18FN3O3S/c1-10(14-17-5-8-23-14)18-15(20)19-11-3-4-13(12(16)9-11)22-7-6-21-2/h3-5,8-10H,6-7H2,1-2H3,(H2,18,19,20)/t10-/m1/s1. The first-order valence-electron chi connectivity index (χ1n) is 6.98. The number of thiazole rings is 1. The molecule has 1 atom stereocenters. The van der Waals surface area contributed by atoms with Crippen LogP contribution in [0.2, 0.25) is 0 Å². The number of nitrogens with one attached hydrogen (secondary N) is 2. The van der Waals surface area contributed by atoms with E-state index < -0.39 is 11.8 Å². The van der Waals surface area contributed by atoms with Crippen molar-refractivity contribution >= 4 is 23.1 Å². The lowest BCUT2D eigenvalue weighted by Gasteiger charge is -2.13. The number of ether oxygens (including phenoxy) is 2. The molecule has 6 nitrogen and oxygen atoms in total. The number of methoxy groups -OCH3 is 1. The predicted molar refractivity (Wildman–Crippen MR) is 86.5 cm³/mol. The maximum absolute atomic E-state index is 13.9. The summed E-state index contributed by atoms with van der Waals surface area (Å²) in [4.78, 5) is 16.0. The molecule has 0 fully saturated rings. The van der Waals surface area contributed by atoms with Gasteiger partial charge in [-0.3, -0.25) is 0 Å². The van der Waals surface area contributed by atoms with Crippen molar-refractivity contribution in [1.29, 1.82) is 0 Å². The van der Waals surface area contributed by atoms with Crippen molar-refractivity contribution in [3.63, 3.8) is 0 Å². The Bertz CT molecular complexity index is 637. The van der Waals surface area contributed by atoms with E-state index in [0.717, 1.165) is 5.01 Å². The predicted octanol–water partition coefficient (Wildman–Crippen LogP) is 3.19. The highest BCUT2D eigenvalue weighted by atomic mass is 32.1. The number of urea groups is 1. The van der Waals surface area contributed by atoms with Crippen molar-refractivity contribution in [3.05, 3.63) is 40.6 Å². The number of anilines is 1. The first kappa shape index (κ1) is 17.2. The minimum Gasteiger partial charge on any atom is -0.488 e. The fraction of sp³-hybridized carbons (Fsp3) is 0.333. The smallest absolute Gasteiger partial charge is 0.319 e. The molecule has 2 aromatic rings. The lowest BCUT2D eigenvalue weighted by atomic mass is 10.3. The van der Waals surface area contributed by atoms with Gasteiger partial charge in [-0.25, -0.2) is 14.2 Å². The van der Waals surface area contributed by atoms with Crippen LogP contribution in [0.4, 0.5) is 14.9 Å². The maximum atomic E-state index is 13.9. The first-order chi connectivity index (χ1) is 11.1. The van der Waals surface area contributed by atoms with Gasteiger partial charge in [0.1, 0.15) is 11.6 Å². The number of amides is 2. The molecule has 23 heavy (non-hydrogen) atoms. The highest BCUT2D eigenvalue weighted by Gasteiger charge is 2.12. The summed E-state index contributed by atoms with van der Waals surface area (Å²) in [5.74, 6) is -0.434. The van der Waals surface area contributed by atoms with Crippen LogP contribution in [0, 0.1) is 5.82 Å². The van der Waals surface area contributed by atoms with E-state index in [1.54, 1.807) is 12.3 Å². The van der Waals surface area contributed by atoms with E-state index in [9.17, 15) is 9.18 Å². The highest BCUT2D eigenvalue weighted by molar-refractivity contribution is 7.09. The maximum Gasteiger partial charge on any atom is 0.319 e. The Morgan fingerprint density at radius 3 is 2.91 bits per heavy atom. The molecule has 2 amide bonds. The lowest BCUT2D eigenvalue weighted by molar-refractivity contribution is 0.144. The van der Waals surface area contributed by atoms with Crippen LogP contribution in [0.3, 0.4) is 0 Å². The molecule has 0 radical (unpaired) electrons. The molecule has 1 aromatic heterocycles. The summed E-state index contributed by atoms with van der Waals surface area (Å²) in [6.07, 6.45) is 1.67. The van der Waals surface area contributed by atoms with E-state index in [1.165, 1.54) is 30.6 Å². The number of halogens is 1. The molecule has 124 valence electrons. The van der Waals surface area contributed by atoms with Crippen molar-refractivity contribution in [2.24, 2.45) is 0 Å². The second-order valence-electron chi connectivity index (χ2n) is 4.68. The number of hydrogen-bond acceptors (Lipinski definition) is 5. The first-order valence-corrected chi connectivity index (χ1v) is 7.86. The van der Waals surface area contributed by atoms with Crippen LogP contribution in [-0.2, 0) is 4.74 Å². The molecule has 0 saturated heterocycles. The Kier molecular flexibility index (Phi) is 6.30. The topological polar surface area (TPSA) is 72.5 Å². The molecule has 2 rings (SSSR count). The summed E-state index contributed by atoms with van der Waals surface area (Å²) in [6, 6.07) is 3.58. The van der Waals surface area contributed by atoms with Gasteiger partial charge in [-0.05, 0) is 19.1 Å². The monoisotopic (exact) mass is 339 g/mol. The molecule has 0 aliphatic heterocycles. The second-order valence-corrected chi connectivity index (χ2v) is 5.60. The lowest BCUT2D eigenvalue weighted by Crippen LogP contribution is -2.31. The summed E-state index contributed by atoms with van der Waals surface area (Å²) in [6.45, 7) is 2.45. The number of carbonyl (C=O) groups excluding carboxylic acids is 1. The van der Waals surface area contributed by atoms with Crippen molar-refractivity contribution in [3.8, 4) is 5.75 Å². The van der Waals surface area contributed by atoms with Crippen LogP contribution in [0.25, 0.3) is 0 Å². The van der Waals surface area contributed by atoms with Crippen LogP contribution in [0.1, 0.15) is 18.0 Å². The van der Waals surface area contributed by atoms with Gasteiger partial charge in [-0.2, -0.15) is 0 Å². The van der Waals surface area contributed by atoms with E-state index >= 15 is 0 Å². The van der Waals surface area contributed by atoms with Gasteiger partial charge in [0.15, 0.2) is 11.6 Å². The van der Waals surface area contributed by atoms with Gasteiger partial charge >= 0.3 is 6.03 Å². The molecule has 0 spiro atoms. The summed E-state index contributed by atoms with van der Waals surface area (Å²) in [7, 11) is 1.54. The summed E-state index contributed by atoms with van der Waals surface area (Å²) in [5, 5.41) is 7.95. The molecule has 8 heteroatoms. The molecule has 1 heterocycles. The van der Waals surface area contributed by atoms with Gasteiger partial charge in [-0.1, -0.05) is 0 Å². The molecular formula is C15H18FN3O3S. The number of aromatic nitrogens is 1. The summed E-state index contributed by atoms with van der Waals surface area (Å²) >= 11 is 1.45. The average Bonchev–Trinajstić information content (AvgIpc) is 3.04. The van der Waals surface area contributed by atoms with Crippen LogP contribution >= 0.6 is 11.3 Å². The normalized spacial score (nSPS) is 11.8. The molecule has 1 aromatic carbocycles. The Morgan fingerprint density at radius 1 is 1.43 bits per heavy atom. The third kappa shape index (κ3) is 5.19. The van der Waals surface area contributed by atoms with Gasteiger partial charge < -0.3 is 20.1 Å². The van der Waals surface area contributed by atoms with E-state index in [1.807, 2.05) is 12.3 Å². The third-order valence-electron chi connectivity index (χ3n) is 2.90. The van der Waals surface area contributed by atoms with Crippen LogP contribution < -0.4 is 15.4 Å². The summed E-state index contributed by atoms with van der Waals surface area (Å²) < 4.78 is 23.9. The summed E-state index contributed by atoms with van der Waals surface area (Å²) in [5.41, 5.74) is 0.338. The van der Waals surface area contributed by atoms with E-state index in [2.05, 4.69) is 15.6 Å². The number of benzene rings is 1. The van der Waals surface area contributed by atoms with Crippen molar-refractivity contribution in [1.82, 2.24) is 10.3 Å². The molecule has 0 aliphatic rings. The Hall–Kier alpha value is -2.19. The zero-order valence-electron chi connectivity index (χ0n) is 12.8. The van der Waals surface area contributed by atoms with Crippen molar-refractivity contribution < 1.29 is 18.7 Å². The van der Waals surface area contributed by atoms with Crippen LogP contribution in [0.15, 0.2) is 29.8 Å². The largest absolute Gasteiger partial charge is 0.488 e. The second kappa shape index (κ2) is 8.44. The highest BCUT2D eigenvalue weighted by Crippen LogP contribution is 2.21. The van der Waals surface area contributed by atoms with Gasteiger partial charge in [-0.15, -0.1) is 11.3 Å². The molecule has 0 saturated carbocycles. The number of rotatable bonds is 7. The molecule has 0 aliphatic carbocycles. The fourth-order valence-electron chi connectivity index (χ4n) is 1.80. The Balaban J connectivity index is 1.89. The van der Waals surface area contributed by atoms with Crippen molar-refractivity contribution in [2.75, 3.05) is 25.6 Å². The molecule has 0 bridgehead atoms. The quantitative estimate of drug-likeness (QED) is 0.760. The van der Waals surface area contributed by atoms with Gasteiger partial charge in [0.25, 0.3) is 0 Å². The minimum absolute atomic E-state index is 0.115. The van der Waals surface area contributed by atoms with E-state index in [4.69, 9.17) is 9.47 Å². The zero-order valence-corrected chi connectivity index (χ0v) is 13.7. The SMILES string of the molecule is COCCOc1ccc(NC(=O)N[C@H](C)c2nccs2)cc1F. The molecule has 0 unspecified atom stereocenters. The van der Waals surface area contributed by atoms with E-state index in [0.29, 0.717) is 12.3 Å². The van der Waals surface area contributed by atoms with Gasteiger partial charge in [0.2, 0.25) is 0 Å².